The van der Waals surface area contributed by atoms with Crippen molar-refractivity contribution in [3.8, 4) is 21.1 Å². The van der Waals surface area contributed by atoms with Gasteiger partial charge in [0.2, 0.25) is 0 Å². The number of rotatable bonds is 7. The van der Waals surface area contributed by atoms with E-state index in [-0.39, 0.29) is 5.91 Å². The lowest BCUT2D eigenvalue weighted by atomic mass is 10.1. The van der Waals surface area contributed by atoms with Crippen LogP contribution in [0.25, 0.3) is 32.2 Å². The molecule has 0 aliphatic rings. The molecule has 0 spiro atoms. The molecule has 148 valence electrons. The van der Waals surface area contributed by atoms with Gasteiger partial charge in [0.1, 0.15) is 11.4 Å². The third-order valence-electron chi connectivity index (χ3n) is 4.57. The highest BCUT2D eigenvalue weighted by Crippen LogP contribution is 2.35. The molecule has 3 aromatic heterocycles. The van der Waals surface area contributed by atoms with E-state index in [0.717, 1.165) is 45.1 Å². The van der Waals surface area contributed by atoms with Gasteiger partial charge in [-0.1, -0.05) is 12.1 Å². The van der Waals surface area contributed by atoms with E-state index in [0.29, 0.717) is 12.1 Å². The van der Waals surface area contributed by atoms with E-state index in [1.54, 1.807) is 22.7 Å². The fourth-order valence-electron chi connectivity index (χ4n) is 3.11. The molecule has 0 aliphatic heterocycles. The summed E-state index contributed by atoms with van der Waals surface area (Å²) in [6.45, 7) is 1.70. The van der Waals surface area contributed by atoms with Crippen LogP contribution in [0.15, 0.2) is 53.2 Å². The van der Waals surface area contributed by atoms with Crippen molar-refractivity contribution in [2.45, 2.75) is 6.42 Å². The van der Waals surface area contributed by atoms with Crippen molar-refractivity contribution in [3.63, 3.8) is 0 Å². The minimum atomic E-state index is -0.0672. The molecule has 0 saturated carbocycles. The highest BCUT2D eigenvalue weighted by Gasteiger charge is 2.16. The maximum absolute atomic E-state index is 12.5. The fraction of sp³-hybridized carbons (Fsp3) is 0.227. The van der Waals surface area contributed by atoms with E-state index in [1.807, 2.05) is 41.1 Å². The summed E-state index contributed by atoms with van der Waals surface area (Å²) in [6, 6.07) is 13.7. The van der Waals surface area contributed by atoms with Crippen LogP contribution in [0.5, 0.6) is 0 Å². The molecule has 7 heteroatoms. The number of carbonyl (C=O) groups excluding carboxylic acids is 1. The summed E-state index contributed by atoms with van der Waals surface area (Å²) in [5, 5.41) is 7.08. The normalized spacial score (nSPS) is 11.3. The Labute approximate surface area is 178 Å². The van der Waals surface area contributed by atoms with Crippen molar-refractivity contribution in [1.29, 1.82) is 0 Å². The Morgan fingerprint density at radius 1 is 0.966 bits per heavy atom. The summed E-state index contributed by atoms with van der Waals surface area (Å²) in [5.41, 5.74) is 3.89. The second-order valence-electron chi connectivity index (χ2n) is 7.15. The molecule has 0 radical (unpaired) electrons. The predicted octanol–water partition coefficient (Wildman–Crippen LogP) is 3.35. The zero-order chi connectivity index (χ0) is 20.2. The van der Waals surface area contributed by atoms with Crippen LogP contribution in [0.3, 0.4) is 0 Å². The molecule has 1 aromatic carbocycles. The van der Waals surface area contributed by atoms with E-state index in [2.05, 4.69) is 31.5 Å². The van der Waals surface area contributed by atoms with Crippen LogP contribution in [0.4, 0.5) is 0 Å². The Hall–Kier alpha value is -2.61. The molecule has 4 aromatic rings. The molecule has 1 amide bonds. The SMILES string of the molecule is C[NH+](C)CCCNC(=O)c1ccc2nc(-c3cccs3)c(-c3cccs3)nc2c1. The van der Waals surface area contributed by atoms with Crippen LogP contribution in [-0.4, -0.2) is 43.1 Å². The zero-order valence-electron chi connectivity index (χ0n) is 16.4. The molecule has 3 heterocycles. The molecular formula is C22H23N4OS2+. The fourth-order valence-corrected chi connectivity index (χ4v) is 4.54. The number of benzene rings is 1. The number of nitrogens with one attached hydrogen (secondary N) is 2. The predicted molar refractivity (Wildman–Crippen MR) is 121 cm³/mol. The average molecular weight is 424 g/mol. The quantitative estimate of drug-likeness (QED) is 0.448. The number of hydrogen-bond donors (Lipinski definition) is 2. The molecule has 0 fully saturated rings. The van der Waals surface area contributed by atoms with Crippen molar-refractivity contribution in [2.24, 2.45) is 0 Å². The van der Waals surface area contributed by atoms with Crippen LogP contribution in [-0.2, 0) is 0 Å². The van der Waals surface area contributed by atoms with E-state index in [4.69, 9.17) is 9.97 Å². The van der Waals surface area contributed by atoms with Crippen molar-refractivity contribution in [3.05, 3.63) is 58.8 Å². The summed E-state index contributed by atoms with van der Waals surface area (Å²) in [7, 11) is 4.22. The monoisotopic (exact) mass is 423 g/mol. The molecule has 0 unspecified atom stereocenters. The second-order valence-corrected chi connectivity index (χ2v) is 9.04. The largest absolute Gasteiger partial charge is 0.352 e. The lowest BCUT2D eigenvalue weighted by Crippen LogP contribution is -3.05. The highest BCUT2D eigenvalue weighted by molar-refractivity contribution is 7.14. The number of fused-ring (bicyclic) bond motifs is 1. The number of nitrogens with zero attached hydrogens (tertiary/aromatic N) is 2. The van der Waals surface area contributed by atoms with E-state index in [9.17, 15) is 4.79 Å². The minimum absolute atomic E-state index is 0.0672. The Morgan fingerprint density at radius 3 is 2.21 bits per heavy atom. The van der Waals surface area contributed by atoms with Gasteiger partial charge in [-0.3, -0.25) is 4.79 Å². The summed E-state index contributed by atoms with van der Waals surface area (Å²) in [5.74, 6) is -0.0672. The summed E-state index contributed by atoms with van der Waals surface area (Å²) in [4.78, 5) is 25.9. The van der Waals surface area contributed by atoms with Gasteiger partial charge in [0.25, 0.3) is 5.91 Å². The number of quaternary nitrogens is 1. The van der Waals surface area contributed by atoms with Gasteiger partial charge in [-0.25, -0.2) is 9.97 Å². The maximum Gasteiger partial charge on any atom is 0.251 e. The van der Waals surface area contributed by atoms with Gasteiger partial charge in [-0.05, 0) is 41.1 Å². The lowest BCUT2D eigenvalue weighted by Gasteiger charge is -2.10. The maximum atomic E-state index is 12.5. The van der Waals surface area contributed by atoms with Gasteiger partial charge in [-0.2, -0.15) is 0 Å². The first-order chi connectivity index (χ1) is 14.1. The molecule has 2 N–H and O–H groups in total. The van der Waals surface area contributed by atoms with Gasteiger partial charge >= 0.3 is 0 Å². The smallest absolute Gasteiger partial charge is 0.251 e. The number of carbonyl (C=O) groups is 1. The average Bonchev–Trinajstić information content (AvgIpc) is 3.43. The highest BCUT2D eigenvalue weighted by atomic mass is 32.1. The molecule has 0 saturated heterocycles. The standard InChI is InChI=1S/C22H22N4OS2/c1-26(2)11-5-10-23-22(27)15-8-9-16-17(14-15)25-21(19-7-4-13-29-19)20(24-16)18-6-3-12-28-18/h3-4,6-9,12-14H,5,10-11H2,1-2H3,(H,23,27)/p+1. The van der Waals surface area contributed by atoms with Gasteiger partial charge in [0.15, 0.2) is 0 Å². The zero-order valence-corrected chi connectivity index (χ0v) is 18.1. The molecule has 4 rings (SSSR count). The third kappa shape index (κ3) is 4.53. The van der Waals surface area contributed by atoms with Crippen LogP contribution < -0.4 is 10.2 Å². The molecule has 0 atom stereocenters. The van der Waals surface area contributed by atoms with Crippen molar-refractivity contribution in [1.82, 2.24) is 15.3 Å². The molecule has 0 aliphatic carbocycles. The van der Waals surface area contributed by atoms with Crippen molar-refractivity contribution in [2.75, 3.05) is 27.2 Å². The van der Waals surface area contributed by atoms with Gasteiger partial charge < -0.3 is 10.2 Å². The first-order valence-corrected chi connectivity index (χ1v) is 11.3. The Bertz CT molecular complexity index is 1110. The van der Waals surface area contributed by atoms with Crippen LogP contribution in [0.1, 0.15) is 16.8 Å². The van der Waals surface area contributed by atoms with Gasteiger partial charge in [-0.15, -0.1) is 22.7 Å². The number of amides is 1. The van der Waals surface area contributed by atoms with E-state index < -0.39 is 0 Å². The lowest BCUT2D eigenvalue weighted by molar-refractivity contribution is -0.858. The topological polar surface area (TPSA) is 59.3 Å². The number of hydrogen-bond acceptors (Lipinski definition) is 5. The Balaban J connectivity index is 1.66. The molecule has 0 bridgehead atoms. The van der Waals surface area contributed by atoms with Crippen molar-refractivity contribution < 1.29 is 9.69 Å². The molecule has 29 heavy (non-hydrogen) atoms. The van der Waals surface area contributed by atoms with E-state index >= 15 is 0 Å². The number of thiophene rings is 2. The van der Waals surface area contributed by atoms with Crippen LogP contribution >= 0.6 is 22.7 Å². The third-order valence-corrected chi connectivity index (χ3v) is 6.33. The van der Waals surface area contributed by atoms with Crippen molar-refractivity contribution >= 4 is 39.6 Å². The number of aromatic nitrogens is 2. The van der Waals surface area contributed by atoms with Crippen LogP contribution in [0.2, 0.25) is 0 Å². The summed E-state index contributed by atoms with van der Waals surface area (Å²) < 4.78 is 0. The summed E-state index contributed by atoms with van der Waals surface area (Å²) in [6.07, 6.45) is 0.953. The second kappa shape index (κ2) is 8.82. The first-order valence-electron chi connectivity index (χ1n) is 9.58. The van der Waals surface area contributed by atoms with E-state index in [1.165, 1.54) is 4.90 Å². The Kier molecular flexibility index (Phi) is 5.99. The van der Waals surface area contributed by atoms with Crippen LogP contribution in [0, 0.1) is 0 Å². The molecule has 5 nitrogen and oxygen atoms in total. The summed E-state index contributed by atoms with van der Waals surface area (Å²) >= 11 is 3.30. The Morgan fingerprint density at radius 2 is 1.62 bits per heavy atom. The van der Waals surface area contributed by atoms with Gasteiger partial charge in [0.05, 0.1) is 41.4 Å². The first kappa shape index (κ1) is 19.7. The minimum Gasteiger partial charge on any atom is -0.352 e. The molecular weight excluding hydrogens is 400 g/mol. The van der Waals surface area contributed by atoms with Gasteiger partial charge in [0, 0.05) is 18.5 Å².